The maximum Gasteiger partial charge on any atom is 0.256 e. The number of aryl methyl sites for hydroxylation is 2. The largest absolute Gasteiger partial charge is 0.339 e. The van der Waals surface area contributed by atoms with Gasteiger partial charge in [-0.2, -0.15) is 0 Å². The molecule has 1 unspecified atom stereocenters. The van der Waals surface area contributed by atoms with Crippen LogP contribution >= 0.6 is 11.3 Å². The van der Waals surface area contributed by atoms with Gasteiger partial charge >= 0.3 is 0 Å². The summed E-state index contributed by atoms with van der Waals surface area (Å²) >= 11 is 1.40. The van der Waals surface area contributed by atoms with Crippen LogP contribution < -0.4 is 11.1 Å². The zero-order valence-electron chi connectivity index (χ0n) is 16.2. The number of piperidine rings is 1. The van der Waals surface area contributed by atoms with E-state index in [-0.39, 0.29) is 17.9 Å². The van der Waals surface area contributed by atoms with Crippen molar-refractivity contribution >= 4 is 28.2 Å². The van der Waals surface area contributed by atoms with Gasteiger partial charge in [0.25, 0.3) is 11.8 Å². The third-order valence-electron chi connectivity index (χ3n) is 6.05. The molecule has 5 nitrogen and oxygen atoms in total. The molecular formula is C22H27N3O2S. The van der Waals surface area contributed by atoms with Crippen LogP contribution in [0.3, 0.4) is 0 Å². The first kappa shape index (κ1) is 19.2. The second kappa shape index (κ2) is 8.05. The van der Waals surface area contributed by atoms with Gasteiger partial charge in [-0.05, 0) is 79.7 Å². The first-order valence-electron chi connectivity index (χ1n) is 10.1. The molecule has 0 saturated carbocycles. The third-order valence-corrected chi connectivity index (χ3v) is 6.88. The van der Waals surface area contributed by atoms with E-state index in [4.69, 9.17) is 5.73 Å². The number of hydrogen-bond acceptors (Lipinski definition) is 4. The van der Waals surface area contributed by atoms with Gasteiger partial charge in [0.2, 0.25) is 0 Å². The Bertz CT molecular complexity index is 882. The zero-order valence-corrected chi connectivity index (χ0v) is 17.1. The summed E-state index contributed by atoms with van der Waals surface area (Å²) < 4.78 is 0. The number of rotatable bonds is 4. The number of nitrogens with one attached hydrogen (secondary N) is 1. The Morgan fingerprint density at radius 1 is 1.18 bits per heavy atom. The summed E-state index contributed by atoms with van der Waals surface area (Å²) in [4.78, 5) is 27.6. The summed E-state index contributed by atoms with van der Waals surface area (Å²) in [7, 11) is 0. The van der Waals surface area contributed by atoms with Crippen LogP contribution in [-0.2, 0) is 12.8 Å². The first-order chi connectivity index (χ1) is 13.5. The van der Waals surface area contributed by atoms with Crippen LogP contribution in [0.1, 0.15) is 58.0 Å². The number of carbonyl (C=O) groups excluding carboxylic acids is 2. The zero-order chi connectivity index (χ0) is 19.7. The van der Waals surface area contributed by atoms with Gasteiger partial charge in [-0.25, -0.2) is 0 Å². The molecule has 0 bridgehead atoms. The van der Waals surface area contributed by atoms with E-state index in [1.807, 2.05) is 35.4 Å². The number of amides is 2. The Morgan fingerprint density at radius 2 is 1.93 bits per heavy atom. The van der Waals surface area contributed by atoms with E-state index in [9.17, 15) is 9.59 Å². The summed E-state index contributed by atoms with van der Waals surface area (Å²) in [6.45, 7) is 3.48. The molecule has 2 amide bonds. The average Bonchev–Trinajstić information content (AvgIpc) is 3.36. The number of nitrogens with two attached hydrogens (primary N) is 1. The number of benzene rings is 1. The van der Waals surface area contributed by atoms with E-state index in [2.05, 4.69) is 11.4 Å². The minimum Gasteiger partial charge on any atom is -0.339 e. The van der Waals surface area contributed by atoms with Crippen molar-refractivity contribution in [3.05, 3.63) is 51.9 Å². The van der Waals surface area contributed by atoms with Gasteiger partial charge < -0.3 is 16.0 Å². The van der Waals surface area contributed by atoms with E-state index < -0.39 is 0 Å². The standard InChI is InChI=1S/C22H27N3O2S/c1-14(23)15-7-10-25(11-8-15)22(27)19-9-12-28-21(19)24-20(26)18-6-5-16-3-2-4-17(16)13-18/h5-6,9,12-15H,2-4,7-8,10-11,23H2,1H3,(H,24,26). The summed E-state index contributed by atoms with van der Waals surface area (Å²) in [5, 5.41) is 5.45. The van der Waals surface area contributed by atoms with Gasteiger partial charge in [-0.1, -0.05) is 6.07 Å². The highest BCUT2D eigenvalue weighted by Gasteiger charge is 2.27. The van der Waals surface area contributed by atoms with Crippen LogP contribution in [0.4, 0.5) is 5.00 Å². The van der Waals surface area contributed by atoms with Crippen molar-refractivity contribution < 1.29 is 9.59 Å². The molecule has 1 aliphatic heterocycles. The fourth-order valence-corrected chi connectivity index (χ4v) is 5.04. The van der Waals surface area contributed by atoms with Crippen LogP contribution in [0.15, 0.2) is 29.6 Å². The van der Waals surface area contributed by atoms with E-state index in [0.29, 0.717) is 22.0 Å². The minimum atomic E-state index is -0.151. The van der Waals surface area contributed by atoms with Gasteiger partial charge in [-0.3, -0.25) is 9.59 Å². The van der Waals surface area contributed by atoms with Crippen LogP contribution in [-0.4, -0.2) is 35.8 Å². The molecule has 1 aromatic carbocycles. The van der Waals surface area contributed by atoms with Crippen molar-refractivity contribution in [2.24, 2.45) is 11.7 Å². The second-order valence-electron chi connectivity index (χ2n) is 7.94. The monoisotopic (exact) mass is 397 g/mol. The number of carbonyl (C=O) groups is 2. The lowest BCUT2D eigenvalue weighted by Gasteiger charge is -2.33. The van der Waals surface area contributed by atoms with E-state index >= 15 is 0 Å². The van der Waals surface area contributed by atoms with Crippen molar-refractivity contribution in [2.45, 2.75) is 45.1 Å². The molecule has 148 valence electrons. The lowest BCUT2D eigenvalue weighted by Crippen LogP contribution is -2.42. The highest BCUT2D eigenvalue weighted by molar-refractivity contribution is 7.14. The van der Waals surface area contributed by atoms with Crippen molar-refractivity contribution in [3.8, 4) is 0 Å². The summed E-state index contributed by atoms with van der Waals surface area (Å²) in [6, 6.07) is 7.91. The third kappa shape index (κ3) is 3.84. The van der Waals surface area contributed by atoms with Crippen LogP contribution in [0.25, 0.3) is 0 Å². The van der Waals surface area contributed by atoms with Crippen LogP contribution in [0.5, 0.6) is 0 Å². The van der Waals surface area contributed by atoms with Gasteiger partial charge in [0.1, 0.15) is 5.00 Å². The second-order valence-corrected chi connectivity index (χ2v) is 8.86. The Labute approximate surface area is 169 Å². The Hall–Kier alpha value is -2.18. The lowest BCUT2D eigenvalue weighted by molar-refractivity contribution is 0.0682. The number of nitrogens with zero attached hydrogens (tertiary/aromatic N) is 1. The number of thiophene rings is 1. The van der Waals surface area contributed by atoms with E-state index in [1.54, 1.807) is 0 Å². The maximum atomic E-state index is 13.0. The number of hydrogen-bond donors (Lipinski definition) is 2. The van der Waals surface area contributed by atoms with E-state index in [0.717, 1.165) is 45.2 Å². The predicted octanol–water partition coefficient (Wildman–Crippen LogP) is 3.69. The topological polar surface area (TPSA) is 75.4 Å². The molecule has 4 rings (SSSR count). The molecule has 1 aliphatic carbocycles. The molecule has 2 heterocycles. The average molecular weight is 398 g/mol. The van der Waals surface area contributed by atoms with Gasteiger partial charge in [-0.15, -0.1) is 11.3 Å². The van der Waals surface area contributed by atoms with Crippen molar-refractivity contribution in [2.75, 3.05) is 18.4 Å². The molecule has 0 radical (unpaired) electrons. The highest BCUT2D eigenvalue weighted by atomic mass is 32.1. The van der Waals surface area contributed by atoms with Gasteiger partial charge in [0.15, 0.2) is 0 Å². The van der Waals surface area contributed by atoms with Crippen molar-refractivity contribution in [1.29, 1.82) is 0 Å². The molecule has 2 aromatic rings. The first-order valence-corrected chi connectivity index (χ1v) is 11.0. The van der Waals surface area contributed by atoms with E-state index in [1.165, 1.54) is 22.5 Å². The number of anilines is 1. The van der Waals surface area contributed by atoms with Crippen molar-refractivity contribution in [3.63, 3.8) is 0 Å². The predicted molar refractivity (Wildman–Crippen MR) is 113 cm³/mol. The molecule has 1 fully saturated rings. The molecule has 0 spiro atoms. The molecule has 2 aliphatic rings. The SMILES string of the molecule is CC(N)C1CCN(C(=O)c2ccsc2NC(=O)c2ccc3c(c2)CCC3)CC1. The fraction of sp³-hybridized carbons (Fsp3) is 0.455. The fourth-order valence-electron chi connectivity index (χ4n) is 4.26. The normalized spacial score (nSPS) is 18.0. The highest BCUT2D eigenvalue weighted by Crippen LogP contribution is 2.29. The minimum absolute atomic E-state index is 0.00590. The summed E-state index contributed by atoms with van der Waals surface area (Å²) in [5.41, 5.74) is 9.86. The lowest BCUT2D eigenvalue weighted by atomic mass is 9.91. The van der Waals surface area contributed by atoms with Crippen molar-refractivity contribution in [1.82, 2.24) is 4.90 Å². The maximum absolute atomic E-state index is 13.0. The smallest absolute Gasteiger partial charge is 0.256 e. The number of likely N-dealkylation sites (tertiary alicyclic amines) is 1. The van der Waals surface area contributed by atoms with Crippen LogP contribution in [0.2, 0.25) is 0 Å². The molecule has 1 aromatic heterocycles. The molecule has 28 heavy (non-hydrogen) atoms. The Kier molecular flexibility index (Phi) is 5.51. The van der Waals surface area contributed by atoms with Crippen LogP contribution in [0, 0.1) is 5.92 Å². The van der Waals surface area contributed by atoms with Gasteiger partial charge in [0, 0.05) is 24.7 Å². The van der Waals surface area contributed by atoms with Gasteiger partial charge in [0.05, 0.1) is 5.56 Å². The molecule has 1 saturated heterocycles. The Balaban J connectivity index is 1.44. The quantitative estimate of drug-likeness (QED) is 0.826. The molecule has 3 N–H and O–H groups in total. The molecular weight excluding hydrogens is 370 g/mol. The molecule has 6 heteroatoms. The molecule has 1 atom stereocenters. The summed E-state index contributed by atoms with van der Waals surface area (Å²) in [6.07, 6.45) is 5.16. The number of fused-ring (bicyclic) bond motifs is 1. The Morgan fingerprint density at radius 3 is 2.68 bits per heavy atom. The summed E-state index contributed by atoms with van der Waals surface area (Å²) in [5.74, 6) is 0.320.